The van der Waals surface area contributed by atoms with Crippen molar-refractivity contribution in [3.05, 3.63) is 83.4 Å². The summed E-state index contributed by atoms with van der Waals surface area (Å²) in [5.41, 5.74) is 12.1. The van der Waals surface area contributed by atoms with Gasteiger partial charge in [-0.05, 0) is 41.8 Å². The Morgan fingerprint density at radius 3 is 2.27 bits per heavy atom. The lowest BCUT2D eigenvalue weighted by molar-refractivity contribution is 0.339. The van der Waals surface area contributed by atoms with Crippen LogP contribution in [0.25, 0.3) is 0 Å². The van der Waals surface area contributed by atoms with Gasteiger partial charge in [0.25, 0.3) is 0 Å². The van der Waals surface area contributed by atoms with E-state index in [4.69, 9.17) is 14.2 Å². The maximum atomic E-state index is 5.65. The fourth-order valence-electron chi connectivity index (χ4n) is 5.09. The van der Waals surface area contributed by atoms with Gasteiger partial charge < -0.3 is 19.1 Å². The van der Waals surface area contributed by atoms with Gasteiger partial charge in [-0.2, -0.15) is 0 Å². The van der Waals surface area contributed by atoms with Crippen molar-refractivity contribution in [1.82, 2.24) is 10.9 Å². The van der Waals surface area contributed by atoms with Crippen molar-refractivity contribution in [2.24, 2.45) is 5.92 Å². The normalized spacial score (nSPS) is 21.3. The quantitative estimate of drug-likeness (QED) is 0.553. The number of benzene rings is 3. The lowest BCUT2D eigenvalue weighted by atomic mass is 9.81. The Kier molecular flexibility index (Phi) is 6.11. The van der Waals surface area contributed by atoms with E-state index in [1.54, 1.807) is 14.2 Å². The highest BCUT2D eigenvalue weighted by atomic mass is 16.5. The number of hydrazine groups is 1. The van der Waals surface area contributed by atoms with Crippen LogP contribution in [0.1, 0.15) is 35.7 Å². The van der Waals surface area contributed by atoms with Crippen molar-refractivity contribution >= 4 is 5.69 Å². The summed E-state index contributed by atoms with van der Waals surface area (Å²) in [7, 11) is 3.38. The molecule has 5 rings (SSSR count). The summed E-state index contributed by atoms with van der Waals surface area (Å²) >= 11 is 0. The summed E-state index contributed by atoms with van der Waals surface area (Å²) < 4.78 is 16.9. The summed E-state index contributed by atoms with van der Waals surface area (Å²) in [6.45, 7) is 4.43. The molecule has 6 nitrogen and oxygen atoms in total. The summed E-state index contributed by atoms with van der Waals surface area (Å²) in [4.78, 5) is 2.46. The molecule has 0 spiro atoms. The molecule has 2 N–H and O–H groups in total. The highest BCUT2D eigenvalue weighted by Crippen LogP contribution is 2.49. The van der Waals surface area contributed by atoms with E-state index in [0.717, 1.165) is 30.3 Å². The molecule has 2 aliphatic rings. The van der Waals surface area contributed by atoms with Gasteiger partial charge in [-0.25, -0.2) is 10.9 Å². The average molecular weight is 446 g/mol. The first-order valence-electron chi connectivity index (χ1n) is 11.5. The van der Waals surface area contributed by atoms with Gasteiger partial charge in [-0.15, -0.1) is 0 Å². The molecule has 0 aliphatic carbocycles. The van der Waals surface area contributed by atoms with E-state index in [-0.39, 0.29) is 12.1 Å². The second kappa shape index (κ2) is 9.33. The van der Waals surface area contributed by atoms with Gasteiger partial charge in [-0.1, -0.05) is 42.5 Å². The van der Waals surface area contributed by atoms with E-state index in [1.807, 2.05) is 6.92 Å². The van der Waals surface area contributed by atoms with E-state index in [2.05, 4.69) is 82.5 Å². The van der Waals surface area contributed by atoms with Gasteiger partial charge in [0.05, 0.1) is 32.9 Å². The molecule has 0 aromatic heterocycles. The summed E-state index contributed by atoms with van der Waals surface area (Å²) in [5, 5.41) is 0. The first-order chi connectivity index (χ1) is 16.2. The topological polar surface area (TPSA) is 55.0 Å². The van der Waals surface area contributed by atoms with E-state index >= 15 is 0 Å². The number of nitrogens with one attached hydrogen (secondary N) is 2. The van der Waals surface area contributed by atoms with Crippen LogP contribution in [0.2, 0.25) is 0 Å². The monoisotopic (exact) mass is 445 g/mol. The fourth-order valence-corrected chi connectivity index (χ4v) is 5.09. The number of ether oxygens (including phenoxy) is 3. The Hall–Kier alpha value is -3.22. The fraction of sp³-hybridized carbons (Fsp3) is 0.333. The minimum atomic E-state index is 0.170. The van der Waals surface area contributed by atoms with Crippen LogP contribution in [0.3, 0.4) is 0 Å². The average Bonchev–Trinajstić information content (AvgIpc) is 3.28. The Morgan fingerprint density at radius 1 is 0.879 bits per heavy atom. The molecular formula is C27H31N3O3. The molecule has 2 heterocycles. The molecule has 3 aromatic carbocycles. The van der Waals surface area contributed by atoms with Gasteiger partial charge in [0.1, 0.15) is 5.75 Å². The van der Waals surface area contributed by atoms with Crippen LogP contribution in [0.5, 0.6) is 17.2 Å². The van der Waals surface area contributed by atoms with Crippen molar-refractivity contribution in [1.29, 1.82) is 0 Å². The first-order valence-corrected chi connectivity index (χ1v) is 11.5. The van der Waals surface area contributed by atoms with E-state index in [0.29, 0.717) is 12.5 Å². The smallest absolute Gasteiger partial charge is 0.162 e. The maximum Gasteiger partial charge on any atom is 0.162 e. The predicted molar refractivity (Wildman–Crippen MR) is 130 cm³/mol. The van der Waals surface area contributed by atoms with Crippen LogP contribution in [-0.4, -0.2) is 27.4 Å². The molecule has 3 aromatic rings. The summed E-state index contributed by atoms with van der Waals surface area (Å²) in [5.74, 6) is 2.75. The molecule has 3 atom stereocenters. The lowest BCUT2D eigenvalue weighted by Crippen LogP contribution is -2.39. The van der Waals surface area contributed by atoms with E-state index in [1.165, 1.54) is 22.4 Å². The number of anilines is 1. The number of hydrogen-bond donors (Lipinski definition) is 2. The van der Waals surface area contributed by atoms with Crippen LogP contribution in [-0.2, 0) is 6.54 Å². The van der Waals surface area contributed by atoms with Crippen LogP contribution >= 0.6 is 0 Å². The van der Waals surface area contributed by atoms with Crippen molar-refractivity contribution in [3.8, 4) is 17.2 Å². The molecule has 172 valence electrons. The maximum absolute atomic E-state index is 5.65. The zero-order valence-corrected chi connectivity index (χ0v) is 19.4. The molecule has 33 heavy (non-hydrogen) atoms. The molecule has 1 fully saturated rings. The van der Waals surface area contributed by atoms with Crippen molar-refractivity contribution in [2.75, 3.05) is 32.3 Å². The largest absolute Gasteiger partial charge is 0.494 e. The van der Waals surface area contributed by atoms with Crippen LogP contribution in [0.15, 0.2) is 66.7 Å². The van der Waals surface area contributed by atoms with Crippen LogP contribution in [0, 0.1) is 5.92 Å². The number of methoxy groups -OCH3 is 2. The SMILES string of the molecule is CCOc1ccc(C2NNC3c4cc(OC)c(OC)cc4N(Cc4ccccc4)CC23)cc1. The second-order valence-electron chi connectivity index (χ2n) is 8.54. The predicted octanol–water partition coefficient (Wildman–Crippen LogP) is 4.63. The second-order valence-corrected chi connectivity index (χ2v) is 8.54. The number of fused-ring (bicyclic) bond motifs is 3. The highest BCUT2D eigenvalue weighted by Gasteiger charge is 2.43. The van der Waals surface area contributed by atoms with E-state index in [9.17, 15) is 0 Å². The third-order valence-corrected chi connectivity index (χ3v) is 6.66. The Bertz CT molecular complexity index is 1090. The van der Waals surface area contributed by atoms with Crippen molar-refractivity contribution in [2.45, 2.75) is 25.6 Å². The van der Waals surface area contributed by atoms with Gasteiger partial charge >= 0.3 is 0 Å². The molecule has 3 unspecified atom stereocenters. The third kappa shape index (κ3) is 4.12. The zero-order chi connectivity index (χ0) is 22.8. The van der Waals surface area contributed by atoms with Crippen molar-refractivity contribution < 1.29 is 14.2 Å². The minimum absolute atomic E-state index is 0.170. The Morgan fingerprint density at radius 2 is 1.58 bits per heavy atom. The van der Waals surface area contributed by atoms with Crippen LogP contribution in [0.4, 0.5) is 5.69 Å². The molecular weight excluding hydrogens is 414 g/mol. The molecule has 0 radical (unpaired) electrons. The molecule has 1 saturated heterocycles. The molecule has 2 aliphatic heterocycles. The molecule has 0 bridgehead atoms. The van der Waals surface area contributed by atoms with Crippen LogP contribution < -0.4 is 30.0 Å². The minimum Gasteiger partial charge on any atom is -0.494 e. The zero-order valence-electron chi connectivity index (χ0n) is 19.4. The summed E-state index contributed by atoms with van der Waals surface area (Å²) in [6, 6.07) is 23.6. The Labute approximate surface area is 195 Å². The summed E-state index contributed by atoms with van der Waals surface area (Å²) in [6.07, 6.45) is 0. The number of hydrogen-bond acceptors (Lipinski definition) is 6. The standard InChI is InChI=1S/C27H31N3O3/c1-4-33-20-12-10-19(11-13-20)26-22-17-30(16-18-8-6-5-7-9-18)23-15-25(32-3)24(31-2)14-21(23)27(22)29-28-26/h5-15,22,26-29H,4,16-17H2,1-3H3. The third-order valence-electron chi connectivity index (χ3n) is 6.66. The van der Waals surface area contributed by atoms with E-state index < -0.39 is 0 Å². The van der Waals surface area contributed by atoms with Gasteiger partial charge in [0.15, 0.2) is 11.5 Å². The first kappa shape index (κ1) is 21.6. The molecule has 0 saturated carbocycles. The number of nitrogens with zero attached hydrogens (tertiary/aromatic N) is 1. The number of rotatable bonds is 7. The molecule has 6 heteroatoms. The van der Waals surface area contributed by atoms with Gasteiger partial charge in [0.2, 0.25) is 0 Å². The van der Waals surface area contributed by atoms with Crippen molar-refractivity contribution in [3.63, 3.8) is 0 Å². The Balaban J connectivity index is 1.52. The molecule has 0 amide bonds. The lowest BCUT2D eigenvalue weighted by Gasteiger charge is -2.39. The van der Waals surface area contributed by atoms with Gasteiger partial charge in [0, 0.05) is 30.8 Å². The van der Waals surface area contributed by atoms with Gasteiger partial charge in [-0.3, -0.25) is 0 Å². The highest BCUT2D eigenvalue weighted by molar-refractivity contribution is 5.65.